The van der Waals surface area contributed by atoms with Crippen LogP contribution >= 0.6 is 0 Å². The highest BCUT2D eigenvalue weighted by Gasteiger charge is 2.28. The number of nitro groups is 2. The Morgan fingerprint density at radius 2 is 2.00 bits per heavy atom. The zero-order valence-electron chi connectivity index (χ0n) is 7.41. The van der Waals surface area contributed by atoms with E-state index >= 15 is 0 Å². The van der Waals surface area contributed by atoms with Crippen LogP contribution in [0.4, 0.5) is 11.5 Å². The number of nitrogens with zero attached hydrogens (tertiary/aromatic N) is 3. The van der Waals surface area contributed by atoms with Gasteiger partial charge in [0, 0.05) is 4.98 Å². The molecule has 0 aromatic carbocycles. The van der Waals surface area contributed by atoms with E-state index in [1.807, 2.05) is 0 Å². The molecule has 0 spiro atoms. The fourth-order valence-corrected chi connectivity index (χ4v) is 0.864. The summed E-state index contributed by atoms with van der Waals surface area (Å²) in [4.78, 5) is 22.1. The lowest BCUT2D eigenvalue weighted by Gasteiger charge is -1.99. The summed E-state index contributed by atoms with van der Waals surface area (Å²) >= 11 is 0. The molecule has 0 aliphatic carbocycles. The molecule has 1 rings (SSSR count). The maximum absolute atomic E-state index is 10.4. The molecule has 1 heterocycles. The average Bonchev–Trinajstić information content (AvgIpc) is 2.17. The van der Waals surface area contributed by atoms with Gasteiger partial charge in [-0.1, -0.05) is 0 Å². The summed E-state index contributed by atoms with van der Waals surface area (Å²) in [6, 6.07) is 0.553. The van der Waals surface area contributed by atoms with Crippen LogP contribution in [-0.2, 0) is 0 Å². The highest BCUT2D eigenvalue weighted by Crippen LogP contribution is 2.36. The first-order valence-electron chi connectivity index (χ1n) is 3.54. The first kappa shape index (κ1) is 10.6. The molecule has 9 heteroatoms. The van der Waals surface area contributed by atoms with Crippen molar-refractivity contribution < 1.29 is 19.7 Å². The van der Waals surface area contributed by atoms with Crippen molar-refractivity contribution in [3.63, 3.8) is 0 Å². The molecule has 1 aromatic rings. The Morgan fingerprint density at radius 3 is 2.40 bits per heavy atom. The van der Waals surface area contributed by atoms with Crippen molar-refractivity contribution in [2.24, 2.45) is 0 Å². The van der Waals surface area contributed by atoms with Gasteiger partial charge in [0.25, 0.3) is 5.75 Å². The van der Waals surface area contributed by atoms with Crippen molar-refractivity contribution in [2.45, 2.75) is 0 Å². The van der Waals surface area contributed by atoms with Crippen LogP contribution in [0.1, 0.15) is 0 Å². The second-order valence-electron chi connectivity index (χ2n) is 2.37. The predicted octanol–water partition coefficient (Wildman–Crippen LogP) is 0.612. The number of rotatable bonds is 3. The topological polar surface area (TPSA) is 129 Å². The lowest BCUT2D eigenvalue weighted by Crippen LogP contribution is -1.99. The summed E-state index contributed by atoms with van der Waals surface area (Å²) in [5, 5.41) is 30.0. The van der Waals surface area contributed by atoms with E-state index in [2.05, 4.69) is 9.72 Å². The molecule has 0 amide bonds. The minimum absolute atomic E-state index is 0.553. The fraction of sp³-hybridized carbons (Fsp3) is 0.167. The first-order chi connectivity index (χ1) is 6.97. The molecule has 9 nitrogen and oxygen atoms in total. The Hall–Kier alpha value is -2.45. The molecule has 0 aliphatic heterocycles. The van der Waals surface area contributed by atoms with Gasteiger partial charge in [0.1, 0.15) is 6.07 Å². The molecule has 15 heavy (non-hydrogen) atoms. The molecule has 80 valence electrons. The standard InChI is InChI=1S/C6H5N3O6/c1-15-6-5(10)3(8(11)12)2-4(7-6)9(13)14/h2,10H,1H3. The summed E-state index contributed by atoms with van der Waals surface area (Å²) in [5.74, 6) is -2.17. The van der Waals surface area contributed by atoms with Gasteiger partial charge in [-0.3, -0.25) is 10.1 Å². The molecule has 0 atom stereocenters. The summed E-state index contributed by atoms with van der Waals surface area (Å²) in [5.41, 5.74) is -0.825. The van der Waals surface area contributed by atoms with Crippen LogP contribution < -0.4 is 4.74 Å². The molecule has 0 unspecified atom stereocenters. The summed E-state index contributed by atoms with van der Waals surface area (Å²) in [6.07, 6.45) is 0. The normalized spacial score (nSPS) is 9.67. The Labute approximate surface area is 82.2 Å². The van der Waals surface area contributed by atoms with Crippen molar-refractivity contribution in [2.75, 3.05) is 7.11 Å². The number of pyridine rings is 1. The van der Waals surface area contributed by atoms with Crippen molar-refractivity contribution >= 4 is 11.5 Å². The van der Waals surface area contributed by atoms with E-state index in [0.29, 0.717) is 6.07 Å². The first-order valence-corrected chi connectivity index (χ1v) is 3.54. The number of ether oxygens (including phenoxy) is 1. The molecule has 0 fully saturated rings. The van der Waals surface area contributed by atoms with Gasteiger partial charge in [-0.25, -0.2) is 0 Å². The maximum Gasteiger partial charge on any atom is 0.378 e. The highest BCUT2D eigenvalue weighted by atomic mass is 16.6. The third kappa shape index (κ3) is 1.90. The van der Waals surface area contributed by atoms with Crippen LogP contribution in [0.3, 0.4) is 0 Å². The SMILES string of the molecule is COc1nc([N+](=O)[O-])cc([N+](=O)[O-])c1O. The van der Waals surface area contributed by atoms with Gasteiger partial charge in [0.05, 0.1) is 12.0 Å². The van der Waals surface area contributed by atoms with Crippen molar-refractivity contribution in [1.82, 2.24) is 4.98 Å². The van der Waals surface area contributed by atoms with Crippen LogP contribution in [0.15, 0.2) is 6.07 Å². The predicted molar refractivity (Wildman–Crippen MR) is 45.8 cm³/mol. The van der Waals surface area contributed by atoms with E-state index in [0.717, 1.165) is 7.11 Å². The van der Waals surface area contributed by atoms with E-state index in [-0.39, 0.29) is 0 Å². The van der Waals surface area contributed by atoms with E-state index in [4.69, 9.17) is 0 Å². The monoisotopic (exact) mass is 215 g/mol. The molecule has 0 aliphatic rings. The minimum Gasteiger partial charge on any atom is -0.497 e. The Balaban J connectivity index is 3.45. The smallest absolute Gasteiger partial charge is 0.378 e. The van der Waals surface area contributed by atoms with Crippen LogP contribution in [0.5, 0.6) is 11.6 Å². The molecule has 0 saturated carbocycles. The van der Waals surface area contributed by atoms with Gasteiger partial charge in [0.15, 0.2) is 0 Å². The van der Waals surface area contributed by atoms with Crippen LogP contribution in [0, 0.1) is 20.2 Å². The third-order valence-corrected chi connectivity index (χ3v) is 1.50. The minimum atomic E-state index is -0.966. The van der Waals surface area contributed by atoms with Crippen molar-refractivity contribution in [1.29, 1.82) is 0 Å². The average molecular weight is 215 g/mol. The maximum atomic E-state index is 10.4. The Bertz CT molecular complexity index is 431. The van der Waals surface area contributed by atoms with Gasteiger partial charge in [-0.2, -0.15) is 0 Å². The van der Waals surface area contributed by atoms with E-state index in [1.54, 1.807) is 0 Å². The molecule has 0 bridgehead atoms. The zero-order valence-corrected chi connectivity index (χ0v) is 7.41. The number of aromatic nitrogens is 1. The van der Waals surface area contributed by atoms with Gasteiger partial charge in [-0.05, 0) is 4.92 Å². The molecular weight excluding hydrogens is 210 g/mol. The van der Waals surface area contributed by atoms with Crippen LogP contribution in [0.2, 0.25) is 0 Å². The quantitative estimate of drug-likeness (QED) is 0.577. The third-order valence-electron chi connectivity index (χ3n) is 1.50. The van der Waals surface area contributed by atoms with Crippen LogP contribution in [-0.4, -0.2) is 27.0 Å². The highest BCUT2D eigenvalue weighted by molar-refractivity contribution is 5.55. The Kier molecular flexibility index (Phi) is 2.65. The number of methoxy groups -OCH3 is 1. The second kappa shape index (κ2) is 3.74. The van der Waals surface area contributed by atoms with Gasteiger partial charge >= 0.3 is 17.4 Å². The molecule has 1 aromatic heterocycles. The van der Waals surface area contributed by atoms with Crippen molar-refractivity contribution in [3.8, 4) is 11.6 Å². The summed E-state index contributed by atoms with van der Waals surface area (Å²) in [7, 11) is 1.08. The molecule has 0 saturated heterocycles. The van der Waals surface area contributed by atoms with E-state index < -0.39 is 33.0 Å². The summed E-state index contributed by atoms with van der Waals surface area (Å²) in [6.45, 7) is 0. The summed E-state index contributed by atoms with van der Waals surface area (Å²) < 4.78 is 4.46. The van der Waals surface area contributed by atoms with Gasteiger partial charge < -0.3 is 20.0 Å². The lowest BCUT2D eigenvalue weighted by molar-refractivity contribution is -0.397. The molecule has 0 radical (unpaired) electrons. The van der Waals surface area contributed by atoms with Crippen LogP contribution in [0.25, 0.3) is 0 Å². The van der Waals surface area contributed by atoms with Gasteiger partial charge in [0.2, 0.25) is 0 Å². The van der Waals surface area contributed by atoms with E-state index in [1.165, 1.54) is 0 Å². The zero-order chi connectivity index (χ0) is 11.6. The second-order valence-corrected chi connectivity index (χ2v) is 2.37. The number of aromatic hydroxyl groups is 1. The fourth-order valence-electron chi connectivity index (χ4n) is 0.864. The lowest BCUT2D eigenvalue weighted by atomic mass is 10.3. The number of hydrogen-bond donors (Lipinski definition) is 1. The van der Waals surface area contributed by atoms with E-state index in [9.17, 15) is 25.3 Å². The molecule has 1 N–H and O–H groups in total. The Morgan fingerprint density at radius 1 is 1.40 bits per heavy atom. The van der Waals surface area contributed by atoms with Crippen molar-refractivity contribution in [3.05, 3.63) is 26.3 Å². The van der Waals surface area contributed by atoms with Gasteiger partial charge in [-0.15, -0.1) is 0 Å². The largest absolute Gasteiger partial charge is 0.497 e. The molecular formula is C6H5N3O6. The number of hydrogen-bond acceptors (Lipinski definition) is 7.